The molecule has 0 unspecified atom stereocenters. The monoisotopic (exact) mass is 453 g/mol. The normalized spacial score (nSPS) is 12.7. The van der Waals surface area contributed by atoms with Crippen molar-refractivity contribution < 1.29 is 41.7 Å². The Kier molecular flexibility index (Phi) is 22.8. The van der Waals surface area contributed by atoms with Crippen LogP contribution in [0.1, 0.15) is 0 Å². The van der Waals surface area contributed by atoms with E-state index in [1.807, 2.05) is 14.1 Å². The molecule has 0 radical (unpaired) electrons. The van der Waals surface area contributed by atoms with Crippen molar-refractivity contribution in [2.45, 2.75) is 0 Å². The van der Waals surface area contributed by atoms with Gasteiger partial charge in [-0.05, 0) is 42.3 Å². The molecule has 25 heavy (non-hydrogen) atoms. The predicted molar refractivity (Wildman–Crippen MR) is 87.7 cm³/mol. The Hall–Kier alpha value is -0.256. The molecule has 0 bridgehead atoms. The van der Waals surface area contributed by atoms with Crippen molar-refractivity contribution in [2.75, 3.05) is 68.5 Å². The van der Waals surface area contributed by atoms with Gasteiger partial charge in [0.2, 0.25) is 0 Å². The fraction of sp³-hybridized carbons (Fsp3) is 1.00. The molecule has 7 nitrogen and oxygen atoms in total. The standard InChI is InChI=1S/2C5H14N2.F6P.HNO2.Ni/c2*1-6-4-5-7(2)3;1-7(2,3,4,5)6;2-1-3;/h2*6H,4-5H2,1-3H3;;(H,2,3);/q;;-1;;+2/p-1. The van der Waals surface area contributed by atoms with Crippen molar-refractivity contribution in [2.24, 2.45) is 5.34 Å². The van der Waals surface area contributed by atoms with Gasteiger partial charge in [-0.15, -0.1) is 5.34 Å². The zero-order valence-corrected chi connectivity index (χ0v) is 16.9. The van der Waals surface area contributed by atoms with Gasteiger partial charge in [0, 0.05) is 26.2 Å². The van der Waals surface area contributed by atoms with E-state index in [-0.39, 0.29) is 16.5 Å². The fourth-order valence-electron chi connectivity index (χ4n) is 0.671. The second-order valence-corrected chi connectivity index (χ2v) is 6.76. The maximum atomic E-state index is 9.87. The molecule has 0 aromatic heterocycles. The summed E-state index contributed by atoms with van der Waals surface area (Å²) in [5.74, 6) is 0. The van der Waals surface area contributed by atoms with Crippen LogP contribution in [0.2, 0.25) is 0 Å². The van der Waals surface area contributed by atoms with Crippen LogP contribution in [0.3, 0.4) is 0 Å². The van der Waals surface area contributed by atoms with Crippen LogP contribution in [0.25, 0.3) is 0 Å². The summed E-state index contributed by atoms with van der Waals surface area (Å²) in [5.41, 5.74) is 0. The molecule has 0 aromatic rings. The summed E-state index contributed by atoms with van der Waals surface area (Å²) in [6.45, 7) is 4.40. The van der Waals surface area contributed by atoms with Crippen LogP contribution in [0.4, 0.5) is 25.2 Å². The Balaban J connectivity index is -0.0000000727. The van der Waals surface area contributed by atoms with Gasteiger partial charge in [0.15, 0.2) is 0 Å². The first-order valence-electron chi connectivity index (χ1n) is 6.51. The van der Waals surface area contributed by atoms with Crippen molar-refractivity contribution in [3.63, 3.8) is 0 Å². The number of likely N-dealkylation sites (N-methyl/N-ethyl adjacent to an activating group) is 4. The SMILES string of the molecule is CNCCN(C)C.CNCCN(C)C.F[P-](F)(F)(F)(F)F.O=N[O-].[Ni+2]. The molecule has 0 saturated carbocycles. The van der Waals surface area contributed by atoms with Crippen molar-refractivity contribution in [3.8, 4) is 0 Å². The van der Waals surface area contributed by atoms with Gasteiger partial charge in [-0.25, -0.2) is 0 Å². The fourth-order valence-corrected chi connectivity index (χ4v) is 0.671. The number of nitrogens with one attached hydrogen (secondary N) is 2. The maximum absolute atomic E-state index is 10.7. The summed E-state index contributed by atoms with van der Waals surface area (Å²) >= 11 is 0. The first-order chi connectivity index (χ1) is 10.4. The van der Waals surface area contributed by atoms with Crippen LogP contribution in [-0.2, 0) is 16.5 Å². The first-order valence-corrected chi connectivity index (χ1v) is 8.54. The van der Waals surface area contributed by atoms with Crippen molar-refractivity contribution in [1.29, 1.82) is 0 Å². The van der Waals surface area contributed by atoms with E-state index in [4.69, 9.17) is 10.1 Å². The van der Waals surface area contributed by atoms with E-state index in [2.05, 4.69) is 48.6 Å². The minimum absolute atomic E-state index is 0. The Morgan fingerprint density at radius 3 is 1.04 bits per heavy atom. The summed E-state index contributed by atoms with van der Waals surface area (Å²) in [6.07, 6.45) is 0. The van der Waals surface area contributed by atoms with Gasteiger partial charge in [0.1, 0.15) is 0 Å². The average molecular weight is 454 g/mol. The zero-order chi connectivity index (χ0) is 20.5. The van der Waals surface area contributed by atoms with Crippen LogP contribution < -0.4 is 10.6 Å². The average Bonchev–Trinajstić information content (AvgIpc) is 2.31. The number of halogens is 6. The molecule has 0 fully saturated rings. The van der Waals surface area contributed by atoms with Gasteiger partial charge in [0.05, 0.1) is 0 Å². The second-order valence-electron chi connectivity index (χ2n) is 4.85. The molecule has 0 aromatic carbocycles. The van der Waals surface area contributed by atoms with E-state index >= 15 is 0 Å². The summed E-state index contributed by atoms with van der Waals surface area (Å²) in [6, 6.07) is 0. The van der Waals surface area contributed by atoms with E-state index in [1.165, 1.54) is 0 Å². The van der Waals surface area contributed by atoms with Crippen LogP contribution >= 0.6 is 7.81 Å². The Morgan fingerprint density at radius 2 is 1.00 bits per heavy atom. The molecular formula is C10H28F6N5NiO2P. The molecule has 2 N–H and O–H groups in total. The molecule has 162 valence electrons. The molecule has 0 spiro atoms. The smallest absolute Gasteiger partial charge is 0.444 e. The first kappa shape index (κ1) is 35.8. The quantitative estimate of drug-likeness (QED) is 0.211. The molecule has 0 aliphatic rings. The predicted octanol–water partition coefficient (Wildman–Crippen LogP) is 3.17. The molecule has 0 rings (SSSR count). The van der Waals surface area contributed by atoms with Crippen molar-refractivity contribution in [1.82, 2.24) is 20.4 Å². The van der Waals surface area contributed by atoms with Gasteiger partial charge in [-0.1, -0.05) is 0 Å². The van der Waals surface area contributed by atoms with E-state index in [1.54, 1.807) is 0 Å². The van der Waals surface area contributed by atoms with Gasteiger partial charge < -0.3 is 30.5 Å². The largest absolute Gasteiger partial charge is 2.00 e. The molecule has 0 aliphatic heterocycles. The molecule has 0 atom stereocenters. The molecule has 15 heteroatoms. The molecular weight excluding hydrogens is 426 g/mol. The van der Waals surface area contributed by atoms with E-state index < -0.39 is 7.81 Å². The number of hydrogen-bond acceptors (Lipinski definition) is 7. The third-order valence-corrected chi connectivity index (χ3v) is 1.62. The Bertz CT molecular complexity index is 272. The molecule has 0 aliphatic carbocycles. The van der Waals surface area contributed by atoms with Crippen molar-refractivity contribution in [3.05, 3.63) is 10.1 Å². The Morgan fingerprint density at radius 1 is 0.840 bits per heavy atom. The number of rotatable bonds is 6. The summed E-state index contributed by atoms with van der Waals surface area (Å²) in [7, 11) is 1.53. The molecule has 0 amide bonds. The second kappa shape index (κ2) is 16.0. The van der Waals surface area contributed by atoms with Crippen LogP contribution in [0.15, 0.2) is 5.34 Å². The van der Waals surface area contributed by atoms with Gasteiger partial charge in [0.25, 0.3) is 0 Å². The zero-order valence-electron chi connectivity index (χ0n) is 15.0. The minimum Gasteiger partial charge on any atom is -0.444 e. The van der Waals surface area contributed by atoms with E-state index in [9.17, 15) is 25.2 Å². The minimum atomic E-state index is -10.7. The third-order valence-electron chi connectivity index (χ3n) is 1.62. The summed E-state index contributed by atoms with van der Waals surface area (Å²) < 4.78 is 59.2. The third kappa shape index (κ3) is 187. The number of hydrogen-bond donors (Lipinski definition) is 2. The van der Waals surface area contributed by atoms with E-state index in [0.29, 0.717) is 0 Å². The topological polar surface area (TPSA) is 83.0 Å². The van der Waals surface area contributed by atoms with Gasteiger partial charge in [-0.2, -0.15) is 0 Å². The molecule has 0 saturated heterocycles. The van der Waals surface area contributed by atoms with Crippen LogP contribution in [-0.4, -0.2) is 78.3 Å². The van der Waals surface area contributed by atoms with Gasteiger partial charge in [-0.3, -0.25) is 0 Å². The van der Waals surface area contributed by atoms with Crippen LogP contribution in [0.5, 0.6) is 0 Å². The van der Waals surface area contributed by atoms with Gasteiger partial charge >= 0.3 is 49.5 Å². The van der Waals surface area contributed by atoms with Crippen LogP contribution in [0, 0.1) is 10.1 Å². The Labute approximate surface area is 154 Å². The summed E-state index contributed by atoms with van der Waals surface area (Å²) in [4.78, 5) is 12.3. The van der Waals surface area contributed by atoms with E-state index in [0.717, 1.165) is 31.5 Å². The maximum Gasteiger partial charge on any atom is 2.00 e. The molecule has 0 heterocycles. The summed E-state index contributed by atoms with van der Waals surface area (Å²) in [5, 5.41) is 15.1. The van der Waals surface area contributed by atoms with Crippen molar-refractivity contribution >= 4 is 7.81 Å². The number of nitrogens with zero attached hydrogens (tertiary/aromatic N) is 3.